The number of phenols is 2. The first-order chi connectivity index (χ1) is 14.6. The number of carbonyl (C=O) groups excluding carboxylic acids is 1. The van der Waals surface area contributed by atoms with E-state index in [9.17, 15) is 30.3 Å². The van der Waals surface area contributed by atoms with Crippen LogP contribution in [0.4, 0.5) is 5.69 Å². The van der Waals surface area contributed by atoms with Crippen LogP contribution >= 0.6 is 0 Å². The molecule has 2 aromatic rings. The smallest absolute Gasteiger partial charge is 0.261 e. The van der Waals surface area contributed by atoms with Gasteiger partial charge in [-0.25, -0.2) is 0 Å². The van der Waals surface area contributed by atoms with E-state index in [0.717, 1.165) is 0 Å². The molecule has 2 aromatic carbocycles. The van der Waals surface area contributed by atoms with Gasteiger partial charge >= 0.3 is 0 Å². The van der Waals surface area contributed by atoms with Gasteiger partial charge in [-0.05, 0) is 26.0 Å². The van der Waals surface area contributed by atoms with Crippen molar-refractivity contribution in [2.45, 2.75) is 51.5 Å². The Morgan fingerprint density at radius 1 is 1.10 bits per heavy atom. The number of methoxy groups -OCH3 is 1. The molecule has 168 valence electrons. The second-order valence-corrected chi connectivity index (χ2v) is 7.21. The second kappa shape index (κ2) is 8.63. The maximum atomic E-state index is 11.4. The normalized spacial score (nSPS) is 26.4. The summed E-state index contributed by atoms with van der Waals surface area (Å²) in [6.45, 7) is 4.21. The molecule has 1 aliphatic rings. The number of rotatable bonds is 4. The van der Waals surface area contributed by atoms with Crippen molar-refractivity contribution in [2.75, 3.05) is 7.11 Å². The van der Waals surface area contributed by atoms with E-state index in [0.29, 0.717) is 0 Å². The summed E-state index contributed by atoms with van der Waals surface area (Å²) in [5, 5.41) is 59.0. The van der Waals surface area contributed by atoms with Crippen LogP contribution in [0.3, 0.4) is 0 Å². The molecule has 5 N–H and O–H groups in total. The summed E-state index contributed by atoms with van der Waals surface area (Å²) in [6.07, 6.45) is -6.71. The first kappa shape index (κ1) is 22.7. The number of aliphatic hydroxyl groups is 3. The van der Waals surface area contributed by atoms with E-state index < -0.39 is 36.6 Å². The highest BCUT2D eigenvalue weighted by molar-refractivity contribution is 6.05. The van der Waals surface area contributed by atoms with E-state index in [1.165, 1.54) is 33.1 Å². The summed E-state index contributed by atoms with van der Waals surface area (Å²) in [4.78, 5) is 11.4. The van der Waals surface area contributed by atoms with Gasteiger partial charge in [-0.2, -0.15) is 0 Å². The van der Waals surface area contributed by atoms with Crippen LogP contribution in [0.25, 0.3) is 10.8 Å². The van der Waals surface area contributed by atoms with Crippen LogP contribution in [0.15, 0.2) is 22.4 Å². The average molecular weight is 436 g/mol. The lowest BCUT2D eigenvalue weighted by molar-refractivity contribution is -0.268. The third kappa shape index (κ3) is 4.00. The van der Waals surface area contributed by atoms with E-state index in [4.69, 9.17) is 14.2 Å². The number of aliphatic hydroxyl groups excluding tert-OH is 3. The molecule has 0 spiro atoms. The molecule has 1 aliphatic heterocycles. The minimum Gasteiger partial charge on any atom is -0.507 e. The monoisotopic (exact) mass is 436 g/mol. The molecule has 11 nitrogen and oxygen atoms in total. The molecular formula is C20H24N2O9. The van der Waals surface area contributed by atoms with Crippen LogP contribution in [0.1, 0.15) is 19.4 Å². The Bertz CT molecular complexity index is 1040. The molecular weight excluding hydrogens is 412 g/mol. The molecule has 0 aromatic heterocycles. The lowest BCUT2D eigenvalue weighted by atomic mass is 9.99. The minimum absolute atomic E-state index is 0.0115. The summed E-state index contributed by atoms with van der Waals surface area (Å²) in [7, 11) is 1.31. The molecule has 0 aliphatic carbocycles. The number of ether oxygens (including phenoxy) is 3. The van der Waals surface area contributed by atoms with E-state index in [1.807, 2.05) is 0 Å². The molecule has 0 bridgehead atoms. The van der Waals surface area contributed by atoms with E-state index in [1.54, 1.807) is 6.92 Å². The largest absolute Gasteiger partial charge is 0.507 e. The molecule has 0 unspecified atom stereocenters. The van der Waals surface area contributed by atoms with Crippen molar-refractivity contribution in [3.63, 3.8) is 0 Å². The van der Waals surface area contributed by atoms with Gasteiger partial charge in [0.2, 0.25) is 6.29 Å². The van der Waals surface area contributed by atoms with Gasteiger partial charge < -0.3 is 39.7 Å². The minimum atomic E-state index is -1.60. The predicted octanol–water partition coefficient (Wildman–Crippen LogP) is 1.40. The van der Waals surface area contributed by atoms with Crippen molar-refractivity contribution in [2.24, 2.45) is 10.2 Å². The Labute approximate surface area is 177 Å². The molecule has 11 heteroatoms. The van der Waals surface area contributed by atoms with Crippen LogP contribution in [0.2, 0.25) is 0 Å². The predicted molar refractivity (Wildman–Crippen MR) is 107 cm³/mol. The molecule has 1 heterocycles. The standard InChI is InChI=1S/C20H24N2O9/c1-7-14(24)10-5-6-11(31-20-18(28)17(27)15(25)8(2)30-20)13(22-21-9(3)23)12(10)16(26)19(7)29-4/h5-6,8,15,17-18,20,24-28H,1-4H3/t8-,15-,17+,18+,20-/m0/s1. The Kier molecular flexibility index (Phi) is 6.32. The van der Waals surface area contributed by atoms with E-state index in [-0.39, 0.29) is 45.0 Å². The summed E-state index contributed by atoms with van der Waals surface area (Å²) in [6, 6.07) is 2.81. The number of carbonyl (C=O) groups is 1. The lowest BCUT2D eigenvalue weighted by Crippen LogP contribution is -2.58. The van der Waals surface area contributed by atoms with E-state index >= 15 is 0 Å². The zero-order valence-corrected chi connectivity index (χ0v) is 17.3. The number of aromatic hydroxyl groups is 2. The summed E-state index contributed by atoms with van der Waals surface area (Å²) in [5.74, 6) is -1.27. The van der Waals surface area contributed by atoms with Crippen molar-refractivity contribution in [1.82, 2.24) is 0 Å². The molecule has 31 heavy (non-hydrogen) atoms. The Hall–Kier alpha value is -2.99. The Morgan fingerprint density at radius 2 is 1.77 bits per heavy atom. The fourth-order valence-electron chi connectivity index (χ4n) is 3.41. The molecule has 3 rings (SSSR count). The maximum Gasteiger partial charge on any atom is 0.261 e. The fourth-order valence-corrected chi connectivity index (χ4v) is 3.41. The average Bonchev–Trinajstić information content (AvgIpc) is 2.73. The van der Waals surface area contributed by atoms with Crippen LogP contribution in [-0.4, -0.2) is 69.3 Å². The lowest BCUT2D eigenvalue weighted by Gasteiger charge is -2.39. The van der Waals surface area contributed by atoms with Gasteiger partial charge in [0.1, 0.15) is 29.7 Å². The number of hydrogen-bond donors (Lipinski definition) is 5. The van der Waals surface area contributed by atoms with Crippen LogP contribution < -0.4 is 9.47 Å². The first-order valence-electron chi connectivity index (χ1n) is 9.42. The highest BCUT2D eigenvalue weighted by Gasteiger charge is 2.43. The topological polar surface area (TPSA) is 171 Å². The molecule has 0 saturated carbocycles. The highest BCUT2D eigenvalue weighted by atomic mass is 16.7. The van der Waals surface area contributed by atoms with Crippen LogP contribution in [-0.2, 0) is 9.53 Å². The fraction of sp³-hybridized carbons (Fsp3) is 0.450. The van der Waals surface area contributed by atoms with Crippen LogP contribution in [0, 0.1) is 6.92 Å². The number of fused-ring (bicyclic) bond motifs is 1. The molecule has 1 fully saturated rings. The number of azo groups is 1. The van der Waals surface area contributed by atoms with Gasteiger partial charge in [0.25, 0.3) is 5.91 Å². The quantitative estimate of drug-likeness (QED) is 0.351. The van der Waals surface area contributed by atoms with Gasteiger partial charge in [-0.15, -0.1) is 10.2 Å². The van der Waals surface area contributed by atoms with Gasteiger partial charge in [-0.3, -0.25) is 4.79 Å². The zero-order valence-electron chi connectivity index (χ0n) is 17.3. The summed E-state index contributed by atoms with van der Waals surface area (Å²) >= 11 is 0. The first-order valence-corrected chi connectivity index (χ1v) is 9.42. The molecule has 1 amide bonds. The zero-order chi connectivity index (χ0) is 23.0. The van der Waals surface area contributed by atoms with Crippen molar-refractivity contribution in [3.8, 4) is 23.0 Å². The highest BCUT2D eigenvalue weighted by Crippen LogP contribution is 2.50. The molecule has 5 atom stereocenters. The number of amides is 1. The molecule has 1 saturated heterocycles. The third-order valence-corrected chi connectivity index (χ3v) is 5.09. The van der Waals surface area contributed by atoms with Crippen molar-refractivity contribution >= 4 is 22.4 Å². The number of benzene rings is 2. The maximum absolute atomic E-state index is 11.4. The van der Waals surface area contributed by atoms with Gasteiger partial charge in [0.05, 0.1) is 18.6 Å². The Morgan fingerprint density at radius 3 is 2.39 bits per heavy atom. The Balaban J connectivity index is 2.20. The van der Waals surface area contributed by atoms with Crippen molar-refractivity contribution < 1.29 is 44.5 Å². The summed E-state index contributed by atoms with van der Waals surface area (Å²) < 4.78 is 16.3. The number of hydrogen-bond acceptors (Lipinski definition) is 10. The summed E-state index contributed by atoms with van der Waals surface area (Å²) in [5.41, 5.74) is 0.149. The SMILES string of the molecule is COc1c(C)c(O)c2ccc(O[C@@H]3O[C@@H](C)[C@H](O)[C@@H](O)[C@H]3O)c(N=NC(C)=O)c2c1O. The van der Waals surface area contributed by atoms with Crippen molar-refractivity contribution in [3.05, 3.63) is 17.7 Å². The van der Waals surface area contributed by atoms with Gasteiger partial charge in [-0.1, -0.05) is 0 Å². The number of phenolic OH excluding ortho intramolecular Hbond substituents is 2. The van der Waals surface area contributed by atoms with E-state index in [2.05, 4.69) is 10.2 Å². The van der Waals surface area contributed by atoms with Crippen LogP contribution in [0.5, 0.6) is 23.0 Å². The van der Waals surface area contributed by atoms with Gasteiger partial charge in [0, 0.05) is 17.9 Å². The molecule has 0 radical (unpaired) electrons. The second-order valence-electron chi connectivity index (χ2n) is 7.21. The number of nitrogens with zero attached hydrogens (tertiary/aromatic N) is 2. The van der Waals surface area contributed by atoms with Crippen molar-refractivity contribution in [1.29, 1.82) is 0 Å². The van der Waals surface area contributed by atoms with Gasteiger partial charge in [0.15, 0.2) is 17.2 Å². The third-order valence-electron chi connectivity index (χ3n) is 5.09.